The number of nitrogens with zero attached hydrogens (tertiary/aromatic N) is 1. The van der Waals surface area contributed by atoms with E-state index in [1.807, 2.05) is 25.2 Å². The van der Waals surface area contributed by atoms with Gasteiger partial charge in [0, 0.05) is 19.5 Å². The van der Waals surface area contributed by atoms with Gasteiger partial charge in [0.2, 0.25) is 5.91 Å². The van der Waals surface area contributed by atoms with Crippen molar-refractivity contribution in [2.24, 2.45) is 5.92 Å². The van der Waals surface area contributed by atoms with Crippen LogP contribution in [0.3, 0.4) is 0 Å². The predicted octanol–water partition coefficient (Wildman–Crippen LogP) is 3.24. The number of halogens is 1. The normalized spacial score (nSPS) is 14.1. The molecule has 0 spiro atoms. The number of carbonyl (C=O) groups is 1. The molecule has 0 atom stereocenters. The van der Waals surface area contributed by atoms with Gasteiger partial charge in [-0.05, 0) is 44.3 Å². The monoisotopic (exact) mass is 310 g/mol. The third kappa shape index (κ3) is 6.06. The van der Waals surface area contributed by atoms with Gasteiger partial charge in [-0.3, -0.25) is 4.79 Å². The van der Waals surface area contributed by atoms with Gasteiger partial charge in [-0.25, -0.2) is 0 Å². The first kappa shape index (κ1) is 18.0. The second-order valence-corrected chi connectivity index (χ2v) is 5.76. The van der Waals surface area contributed by atoms with Crippen molar-refractivity contribution in [3.8, 4) is 0 Å². The van der Waals surface area contributed by atoms with E-state index in [0.29, 0.717) is 12.3 Å². The van der Waals surface area contributed by atoms with Gasteiger partial charge in [-0.2, -0.15) is 0 Å². The average Bonchev–Trinajstić information content (AvgIpc) is 2.42. The van der Waals surface area contributed by atoms with Crippen molar-refractivity contribution in [3.63, 3.8) is 0 Å². The Kier molecular flexibility index (Phi) is 8.40. The number of carbonyl (C=O) groups excluding carboxylic acids is 1. The number of rotatable bonds is 8. The van der Waals surface area contributed by atoms with Crippen molar-refractivity contribution in [2.45, 2.75) is 38.6 Å². The fourth-order valence-corrected chi connectivity index (χ4v) is 2.62. The standard InChI is InChI=1S/C17H26N2O.ClH/c1-18-12-6-11-17(20)19(14-16-9-5-10-16)13-15-7-3-2-4-8-15;/h2-4,7-8,16,18H,5-6,9-14H2,1H3;1H. The molecule has 1 fully saturated rings. The lowest BCUT2D eigenvalue weighted by Gasteiger charge is -2.32. The fraction of sp³-hybridized carbons (Fsp3) is 0.588. The first-order chi connectivity index (χ1) is 9.79. The molecular weight excluding hydrogens is 284 g/mol. The van der Waals surface area contributed by atoms with Gasteiger partial charge < -0.3 is 10.2 Å². The lowest BCUT2D eigenvalue weighted by Crippen LogP contribution is -2.37. The van der Waals surface area contributed by atoms with Crippen molar-refractivity contribution in [1.82, 2.24) is 10.2 Å². The molecule has 3 nitrogen and oxygen atoms in total. The highest BCUT2D eigenvalue weighted by molar-refractivity contribution is 5.85. The summed E-state index contributed by atoms with van der Waals surface area (Å²) in [5.74, 6) is 1.03. The minimum Gasteiger partial charge on any atom is -0.338 e. The third-order valence-electron chi connectivity index (χ3n) is 4.09. The van der Waals surface area contributed by atoms with Crippen molar-refractivity contribution in [2.75, 3.05) is 20.1 Å². The molecule has 0 saturated heterocycles. The van der Waals surface area contributed by atoms with Crippen molar-refractivity contribution < 1.29 is 4.79 Å². The minimum atomic E-state index is 0. The van der Waals surface area contributed by atoms with Crippen molar-refractivity contribution >= 4 is 18.3 Å². The summed E-state index contributed by atoms with van der Waals surface area (Å²) in [5, 5.41) is 3.10. The second-order valence-electron chi connectivity index (χ2n) is 5.76. The van der Waals surface area contributed by atoms with Gasteiger partial charge in [-0.1, -0.05) is 36.8 Å². The van der Waals surface area contributed by atoms with Crippen LogP contribution in [-0.4, -0.2) is 30.9 Å². The van der Waals surface area contributed by atoms with E-state index in [1.54, 1.807) is 0 Å². The van der Waals surface area contributed by atoms with Gasteiger partial charge in [0.15, 0.2) is 0 Å². The number of hydrogen-bond acceptors (Lipinski definition) is 2. The Morgan fingerprint density at radius 2 is 2.00 bits per heavy atom. The zero-order valence-electron chi connectivity index (χ0n) is 12.9. The van der Waals surface area contributed by atoms with Crippen LogP contribution in [0.15, 0.2) is 30.3 Å². The Morgan fingerprint density at radius 3 is 2.57 bits per heavy atom. The molecule has 1 aliphatic rings. The molecule has 0 radical (unpaired) electrons. The van der Waals surface area contributed by atoms with Gasteiger partial charge >= 0.3 is 0 Å². The molecule has 118 valence electrons. The Morgan fingerprint density at radius 1 is 1.29 bits per heavy atom. The maximum absolute atomic E-state index is 12.4. The molecule has 4 heteroatoms. The van der Waals surface area contributed by atoms with Gasteiger partial charge in [0.25, 0.3) is 0 Å². The zero-order chi connectivity index (χ0) is 14.2. The van der Waals surface area contributed by atoms with E-state index < -0.39 is 0 Å². The van der Waals surface area contributed by atoms with E-state index in [1.165, 1.54) is 24.8 Å². The summed E-state index contributed by atoms with van der Waals surface area (Å²) in [4.78, 5) is 14.5. The third-order valence-corrected chi connectivity index (χ3v) is 4.09. The quantitative estimate of drug-likeness (QED) is 0.748. The highest BCUT2D eigenvalue weighted by Crippen LogP contribution is 2.27. The molecule has 21 heavy (non-hydrogen) atoms. The average molecular weight is 311 g/mol. The van der Waals surface area contributed by atoms with Crippen LogP contribution in [0, 0.1) is 5.92 Å². The number of nitrogens with one attached hydrogen (secondary N) is 1. The topological polar surface area (TPSA) is 32.3 Å². The van der Waals surface area contributed by atoms with E-state index in [-0.39, 0.29) is 12.4 Å². The molecule has 0 bridgehead atoms. The Hall–Kier alpha value is -1.06. The summed E-state index contributed by atoms with van der Waals surface area (Å²) < 4.78 is 0. The molecule has 0 aromatic heterocycles. The maximum Gasteiger partial charge on any atom is 0.222 e. The SMILES string of the molecule is CNCCCC(=O)N(Cc1ccccc1)CC1CCC1.Cl. The molecule has 1 aliphatic carbocycles. The summed E-state index contributed by atoms with van der Waals surface area (Å²) in [5.41, 5.74) is 1.23. The largest absolute Gasteiger partial charge is 0.338 e. The maximum atomic E-state index is 12.4. The molecule has 1 amide bonds. The number of hydrogen-bond donors (Lipinski definition) is 1. The lowest BCUT2D eigenvalue weighted by atomic mass is 9.85. The first-order valence-electron chi connectivity index (χ1n) is 7.76. The molecular formula is C17H27ClN2O. The van der Waals surface area contributed by atoms with Crippen LogP contribution in [-0.2, 0) is 11.3 Å². The molecule has 2 rings (SSSR count). The van der Waals surface area contributed by atoms with Crippen LogP contribution in [0.5, 0.6) is 0 Å². The predicted molar refractivity (Wildman–Crippen MR) is 89.6 cm³/mol. The minimum absolute atomic E-state index is 0. The summed E-state index contributed by atoms with van der Waals surface area (Å²) in [6.07, 6.45) is 5.48. The zero-order valence-corrected chi connectivity index (χ0v) is 13.7. The first-order valence-corrected chi connectivity index (χ1v) is 7.76. The Bertz CT molecular complexity index is 407. The Labute approximate surface area is 134 Å². The molecule has 0 aliphatic heterocycles. The van der Waals surface area contributed by atoms with E-state index in [9.17, 15) is 4.79 Å². The van der Waals surface area contributed by atoms with E-state index in [0.717, 1.165) is 32.0 Å². The molecule has 1 aromatic rings. The van der Waals surface area contributed by atoms with Gasteiger partial charge in [0.05, 0.1) is 0 Å². The highest BCUT2D eigenvalue weighted by Gasteiger charge is 2.23. The van der Waals surface area contributed by atoms with Crippen LogP contribution in [0.4, 0.5) is 0 Å². The molecule has 0 heterocycles. The molecule has 1 N–H and O–H groups in total. The van der Waals surface area contributed by atoms with Crippen molar-refractivity contribution in [3.05, 3.63) is 35.9 Å². The molecule has 0 unspecified atom stereocenters. The van der Waals surface area contributed by atoms with E-state index in [4.69, 9.17) is 0 Å². The summed E-state index contributed by atoms with van der Waals surface area (Å²) in [7, 11) is 1.93. The van der Waals surface area contributed by atoms with Crippen LogP contribution in [0.25, 0.3) is 0 Å². The van der Waals surface area contributed by atoms with Crippen molar-refractivity contribution in [1.29, 1.82) is 0 Å². The summed E-state index contributed by atoms with van der Waals surface area (Å²) >= 11 is 0. The number of benzene rings is 1. The number of amides is 1. The van der Waals surface area contributed by atoms with Crippen LogP contribution in [0.1, 0.15) is 37.7 Å². The summed E-state index contributed by atoms with van der Waals surface area (Å²) in [6.45, 7) is 2.61. The molecule has 1 saturated carbocycles. The second kappa shape index (κ2) is 9.80. The van der Waals surface area contributed by atoms with Gasteiger partial charge in [0.1, 0.15) is 0 Å². The fourth-order valence-electron chi connectivity index (χ4n) is 2.62. The Balaban J connectivity index is 0.00000220. The highest BCUT2D eigenvalue weighted by atomic mass is 35.5. The van der Waals surface area contributed by atoms with E-state index in [2.05, 4.69) is 22.3 Å². The molecule has 1 aromatic carbocycles. The van der Waals surface area contributed by atoms with Crippen LogP contribution in [0.2, 0.25) is 0 Å². The lowest BCUT2D eigenvalue weighted by molar-refractivity contribution is -0.133. The van der Waals surface area contributed by atoms with Crippen LogP contribution < -0.4 is 5.32 Å². The summed E-state index contributed by atoms with van der Waals surface area (Å²) in [6, 6.07) is 10.3. The smallest absolute Gasteiger partial charge is 0.222 e. The van der Waals surface area contributed by atoms with Crippen LogP contribution >= 0.6 is 12.4 Å². The van der Waals surface area contributed by atoms with Gasteiger partial charge in [-0.15, -0.1) is 12.4 Å². The van der Waals surface area contributed by atoms with E-state index >= 15 is 0 Å².